The molecule has 2 fully saturated rings. The first-order chi connectivity index (χ1) is 19.5. The van der Waals surface area contributed by atoms with Gasteiger partial charge in [-0.3, -0.25) is 24.5 Å². The number of amides is 4. The lowest BCUT2D eigenvalue weighted by Crippen LogP contribution is -2.56. The van der Waals surface area contributed by atoms with Crippen molar-refractivity contribution in [2.24, 2.45) is 17.8 Å². The van der Waals surface area contributed by atoms with Gasteiger partial charge in [0.25, 0.3) is 5.91 Å². The molecule has 0 saturated carbocycles. The summed E-state index contributed by atoms with van der Waals surface area (Å²) in [5.74, 6) is -2.62. The van der Waals surface area contributed by atoms with E-state index in [1.54, 1.807) is 11.0 Å². The van der Waals surface area contributed by atoms with Crippen molar-refractivity contribution in [3.05, 3.63) is 29.8 Å². The number of imide groups is 1. The largest absolute Gasteiger partial charge is 0.480 e. The molecule has 0 aliphatic carbocycles. The number of hydrogen-bond donors (Lipinski definition) is 4. The van der Waals surface area contributed by atoms with Crippen molar-refractivity contribution in [2.45, 2.75) is 65.3 Å². The summed E-state index contributed by atoms with van der Waals surface area (Å²) in [6.45, 7) is 8.00. The number of rotatable bonds is 11. The Kier molecular flexibility index (Phi) is 12.1. The van der Waals surface area contributed by atoms with Crippen LogP contribution in [0.4, 0.5) is 10.5 Å². The van der Waals surface area contributed by atoms with Gasteiger partial charge in [-0.05, 0) is 82.2 Å². The average Bonchev–Trinajstić information content (AvgIpc) is 2.97. The molecule has 4 N–H and O–H groups in total. The number of nitrogens with one attached hydrogen (secondary N) is 3. The lowest BCUT2D eigenvalue weighted by Gasteiger charge is -2.35. The number of hydrazine groups is 1. The van der Waals surface area contributed by atoms with Gasteiger partial charge in [-0.2, -0.15) is 0 Å². The number of piperidine rings is 2. The second kappa shape index (κ2) is 15.5. The molecule has 2 aliphatic rings. The Balaban J connectivity index is 1.70. The summed E-state index contributed by atoms with van der Waals surface area (Å²) in [4.78, 5) is 65.6. The summed E-state index contributed by atoms with van der Waals surface area (Å²) in [5, 5.41) is 16.1. The zero-order valence-electron chi connectivity index (χ0n) is 24.2. The summed E-state index contributed by atoms with van der Waals surface area (Å²) < 4.78 is 5.12. The van der Waals surface area contributed by atoms with Crippen molar-refractivity contribution in [1.82, 2.24) is 20.7 Å². The number of carbonyl (C=O) groups is 5. The number of nitrogens with zero attached hydrogens (tertiary/aromatic N) is 2. The van der Waals surface area contributed by atoms with Crippen molar-refractivity contribution in [3.8, 4) is 0 Å². The second-order valence-corrected chi connectivity index (χ2v) is 11.3. The van der Waals surface area contributed by atoms with E-state index in [-0.39, 0.29) is 36.2 Å². The first-order valence-electron chi connectivity index (χ1n) is 14.4. The van der Waals surface area contributed by atoms with Gasteiger partial charge < -0.3 is 20.1 Å². The van der Waals surface area contributed by atoms with Gasteiger partial charge in [0.15, 0.2) is 0 Å². The number of carbonyl (C=O) groups excluding carboxylic acids is 4. The molecule has 1 aromatic rings. The molecule has 41 heavy (non-hydrogen) atoms. The minimum atomic E-state index is -1.24. The lowest BCUT2D eigenvalue weighted by atomic mass is 9.92. The number of aliphatic carboxylic acids is 1. The number of ether oxygens (including phenoxy) is 1. The highest BCUT2D eigenvalue weighted by atomic mass is 16.5. The van der Waals surface area contributed by atoms with Gasteiger partial charge in [-0.15, -0.1) is 0 Å². The Labute approximate surface area is 241 Å². The Hall–Kier alpha value is -3.51. The van der Waals surface area contributed by atoms with Crippen molar-refractivity contribution in [3.63, 3.8) is 0 Å². The summed E-state index contributed by atoms with van der Waals surface area (Å²) >= 11 is 0. The fourth-order valence-corrected chi connectivity index (χ4v) is 4.97. The van der Waals surface area contributed by atoms with E-state index >= 15 is 0 Å². The highest BCUT2D eigenvalue weighted by Gasteiger charge is 2.36. The van der Waals surface area contributed by atoms with E-state index in [1.807, 2.05) is 13.8 Å². The molecule has 2 atom stereocenters. The van der Waals surface area contributed by atoms with Crippen LogP contribution < -0.4 is 16.1 Å². The number of carboxylic acids is 1. The normalized spacial score (nSPS) is 18.4. The Morgan fingerprint density at radius 2 is 1.85 bits per heavy atom. The number of carboxylic acid groups (broad SMARTS) is 1. The molecule has 0 spiro atoms. The molecule has 2 saturated heterocycles. The summed E-state index contributed by atoms with van der Waals surface area (Å²) in [6, 6.07) is 4.74. The van der Waals surface area contributed by atoms with Crippen LogP contribution in [0, 0.1) is 17.8 Å². The molecule has 12 heteroatoms. The number of hydrogen-bond acceptors (Lipinski definition) is 8. The standard InChI is InChI=1S/C29H43N5O7/c1-19(2)18-41-29(40)31-24-8-4-6-22(16-24)26(36)34(32-20(3)28(38)39)27(37)23-7-5-15-33(17-23)25(35)10-9-21-11-13-30-14-12-21/h4,6,8,16,19-21,23,30,32H,5,7,9-15,17-18H2,1-3H3,(H,31,40)(H,38,39)/t20-,23-/m1/s1. The maximum absolute atomic E-state index is 13.7. The van der Waals surface area contributed by atoms with E-state index in [9.17, 15) is 29.1 Å². The zero-order chi connectivity index (χ0) is 29.9. The SMILES string of the molecule is CC(C)COC(=O)Nc1cccc(C(=O)N(N[C@H](C)C(=O)O)C(=O)[C@@H]2CCCN(C(=O)CCC3CCNCC3)C2)c1. The molecule has 0 radical (unpaired) electrons. The second-order valence-electron chi connectivity index (χ2n) is 11.3. The fourth-order valence-electron chi connectivity index (χ4n) is 4.97. The van der Waals surface area contributed by atoms with Crippen molar-refractivity contribution in [1.29, 1.82) is 0 Å². The highest BCUT2D eigenvalue weighted by molar-refractivity contribution is 6.06. The summed E-state index contributed by atoms with van der Waals surface area (Å²) in [6.07, 6.45) is 3.72. The van der Waals surface area contributed by atoms with Crippen LogP contribution in [0.15, 0.2) is 24.3 Å². The van der Waals surface area contributed by atoms with Crippen LogP contribution >= 0.6 is 0 Å². The topological polar surface area (TPSA) is 157 Å². The molecule has 2 aliphatic heterocycles. The van der Waals surface area contributed by atoms with Crippen LogP contribution in [-0.2, 0) is 19.1 Å². The van der Waals surface area contributed by atoms with Crippen molar-refractivity contribution >= 4 is 35.5 Å². The molecule has 1 aromatic carbocycles. The van der Waals surface area contributed by atoms with E-state index in [0.29, 0.717) is 31.7 Å². The van der Waals surface area contributed by atoms with Crippen molar-refractivity contribution < 1.29 is 33.8 Å². The molecule has 226 valence electrons. The molecule has 3 rings (SSSR count). The first-order valence-corrected chi connectivity index (χ1v) is 14.4. The van der Waals surface area contributed by atoms with Gasteiger partial charge in [0.05, 0.1) is 12.5 Å². The third-order valence-corrected chi connectivity index (χ3v) is 7.37. The van der Waals surface area contributed by atoms with E-state index in [0.717, 1.165) is 37.4 Å². The quantitative estimate of drug-likeness (QED) is 0.231. The van der Waals surface area contributed by atoms with Gasteiger partial charge in [0.1, 0.15) is 6.04 Å². The average molecular weight is 574 g/mol. The summed E-state index contributed by atoms with van der Waals surface area (Å²) in [7, 11) is 0. The Bertz CT molecular complexity index is 1090. The van der Waals surface area contributed by atoms with Gasteiger partial charge in [-0.25, -0.2) is 15.2 Å². The van der Waals surface area contributed by atoms with Gasteiger partial charge in [0, 0.05) is 30.8 Å². The van der Waals surface area contributed by atoms with Crippen LogP contribution in [0.1, 0.15) is 69.7 Å². The van der Waals surface area contributed by atoms with E-state index in [2.05, 4.69) is 16.1 Å². The molecule has 2 heterocycles. The smallest absolute Gasteiger partial charge is 0.411 e. The minimum absolute atomic E-state index is 0.00565. The molecule has 12 nitrogen and oxygen atoms in total. The van der Waals surface area contributed by atoms with Crippen LogP contribution in [0.2, 0.25) is 0 Å². The maximum Gasteiger partial charge on any atom is 0.411 e. The van der Waals surface area contributed by atoms with Crippen LogP contribution in [-0.4, -0.2) is 83.6 Å². The number of likely N-dealkylation sites (tertiary alicyclic amines) is 1. The van der Waals surface area contributed by atoms with Crippen LogP contribution in [0.5, 0.6) is 0 Å². The monoisotopic (exact) mass is 573 g/mol. The van der Waals surface area contributed by atoms with E-state index < -0.39 is 35.8 Å². The molecule has 4 amide bonds. The minimum Gasteiger partial charge on any atom is -0.480 e. The predicted molar refractivity (Wildman–Crippen MR) is 152 cm³/mol. The van der Waals surface area contributed by atoms with Gasteiger partial charge in [0.2, 0.25) is 11.8 Å². The van der Waals surface area contributed by atoms with E-state index in [4.69, 9.17) is 4.74 Å². The first kappa shape index (κ1) is 32.0. The molecular formula is C29H43N5O7. The molecule has 0 unspecified atom stereocenters. The molecule has 0 aromatic heterocycles. The summed E-state index contributed by atoms with van der Waals surface area (Å²) in [5.41, 5.74) is 2.88. The van der Waals surface area contributed by atoms with Crippen LogP contribution in [0.25, 0.3) is 0 Å². The number of benzene rings is 1. The van der Waals surface area contributed by atoms with Gasteiger partial charge in [-0.1, -0.05) is 19.9 Å². The third kappa shape index (κ3) is 9.82. The van der Waals surface area contributed by atoms with E-state index in [1.165, 1.54) is 25.1 Å². The molecule has 0 bridgehead atoms. The fraction of sp³-hybridized carbons (Fsp3) is 0.621. The number of anilines is 1. The highest BCUT2D eigenvalue weighted by Crippen LogP contribution is 2.23. The lowest BCUT2D eigenvalue weighted by molar-refractivity contribution is -0.144. The predicted octanol–water partition coefficient (Wildman–Crippen LogP) is 2.86. The Morgan fingerprint density at radius 1 is 1.12 bits per heavy atom. The molecular weight excluding hydrogens is 530 g/mol. The zero-order valence-corrected chi connectivity index (χ0v) is 24.2. The Morgan fingerprint density at radius 3 is 2.54 bits per heavy atom. The maximum atomic E-state index is 13.7. The van der Waals surface area contributed by atoms with Crippen LogP contribution in [0.3, 0.4) is 0 Å². The van der Waals surface area contributed by atoms with Crippen molar-refractivity contribution in [2.75, 3.05) is 38.1 Å². The third-order valence-electron chi connectivity index (χ3n) is 7.37. The van der Waals surface area contributed by atoms with Gasteiger partial charge >= 0.3 is 12.1 Å².